The maximum Gasteiger partial charge on any atom is 0.312 e. The number of carbonyl (C=O) groups is 1. The van der Waals surface area contributed by atoms with Gasteiger partial charge in [-0.1, -0.05) is 59.6 Å². The number of rotatable bonds is 1. The third kappa shape index (κ3) is 2.27. The summed E-state index contributed by atoms with van der Waals surface area (Å²) in [5.74, 6) is 2.78. The fourth-order valence-corrected chi connectivity index (χ4v) is 11.1. The molecule has 32 heavy (non-hydrogen) atoms. The summed E-state index contributed by atoms with van der Waals surface area (Å²) in [6.07, 6.45) is 12.7. The number of allylic oxidation sites excluding steroid dienone is 2. The quantitative estimate of drug-likeness (QED) is 0.309. The number of esters is 1. The van der Waals surface area contributed by atoms with E-state index in [1.807, 2.05) is 5.57 Å². The van der Waals surface area contributed by atoms with Crippen molar-refractivity contribution in [3.63, 3.8) is 0 Å². The Labute approximate surface area is 196 Å². The summed E-state index contributed by atoms with van der Waals surface area (Å²) in [5.41, 5.74) is 4.76. The summed E-state index contributed by atoms with van der Waals surface area (Å²) in [6.45, 7) is 17.6. The molecule has 0 spiro atoms. The van der Waals surface area contributed by atoms with Crippen LogP contribution in [0.1, 0.15) is 113 Å². The molecule has 4 saturated carbocycles. The Bertz CT molecular complexity index is 897. The highest BCUT2D eigenvalue weighted by molar-refractivity contribution is 5.81. The lowest BCUT2D eigenvalue weighted by Crippen LogP contribution is -2.65. The molecule has 0 radical (unpaired) electrons. The third-order valence-electron chi connectivity index (χ3n) is 13.1. The summed E-state index contributed by atoms with van der Waals surface area (Å²) in [6, 6.07) is 0. The Balaban J connectivity index is 1.42. The van der Waals surface area contributed by atoms with Gasteiger partial charge in [-0.15, -0.1) is 0 Å². The number of fused-ring (bicyclic) bond motifs is 5. The SMILES string of the molecule is CC(C)C1=C2CCC3(C)C(CCC4C5C6OC(=O)C5(CCC6(C)C)CCC43C)C2(C)CC1. The average molecular weight is 439 g/mol. The van der Waals surface area contributed by atoms with Gasteiger partial charge in [0.2, 0.25) is 0 Å². The van der Waals surface area contributed by atoms with E-state index in [1.54, 1.807) is 5.57 Å². The second kappa shape index (κ2) is 6.25. The van der Waals surface area contributed by atoms with Crippen LogP contribution in [0, 0.1) is 50.7 Å². The Kier molecular flexibility index (Phi) is 4.24. The molecule has 2 nitrogen and oxygen atoms in total. The van der Waals surface area contributed by atoms with Crippen LogP contribution in [0.5, 0.6) is 0 Å². The maximum absolute atomic E-state index is 13.3. The van der Waals surface area contributed by atoms with Gasteiger partial charge in [0.05, 0.1) is 5.41 Å². The van der Waals surface area contributed by atoms with Crippen LogP contribution in [0.25, 0.3) is 0 Å². The lowest BCUT2D eigenvalue weighted by atomic mass is 9.34. The minimum atomic E-state index is -0.157. The summed E-state index contributed by atoms with van der Waals surface area (Å²) >= 11 is 0. The molecule has 0 aromatic heterocycles. The molecule has 0 aromatic carbocycles. The first-order chi connectivity index (χ1) is 14.9. The first kappa shape index (κ1) is 21.7. The standard InChI is InChI=1S/C30H46O2/c1-18(2)19-10-12-27(5)20(19)11-13-29(7)22(27)9-8-21-23-24-26(3,4)14-16-30(23,25(31)32-24)17-15-28(21,29)6/h18,21-24H,8-17H2,1-7H3. The summed E-state index contributed by atoms with van der Waals surface area (Å²) < 4.78 is 6.28. The van der Waals surface area contributed by atoms with Crippen LogP contribution in [0.15, 0.2) is 11.1 Å². The third-order valence-corrected chi connectivity index (χ3v) is 13.1. The number of hydrogen-bond acceptors (Lipinski definition) is 2. The number of hydrogen-bond donors (Lipinski definition) is 0. The van der Waals surface area contributed by atoms with E-state index in [-0.39, 0.29) is 22.9 Å². The van der Waals surface area contributed by atoms with Gasteiger partial charge in [0.1, 0.15) is 6.10 Å². The molecule has 6 aliphatic rings. The molecule has 0 aromatic rings. The van der Waals surface area contributed by atoms with E-state index in [1.165, 1.54) is 44.9 Å². The van der Waals surface area contributed by atoms with Crippen LogP contribution in [0.4, 0.5) is 0 Å². The van der Waals surface area contributed by atoms with E-state index in [9.17, 15) is 4.79 Å². The van der Waals surface area contributed by atoms with Crippen molar-refractivity contribution in [1.82, 2.24) is 0 Å². The Morgan fingerprint density at radius 1 is 0.844 bits per heavy atom. The Morgan fingerprint density at radius 2 is 1.56 bits per heavy atom. The molecule has 1 aliphatic heterocycles. The van der Waals surface area contributed by atoms with Crippen LogP contribution in [-0.4, -0.2) is 12.1 Å². The van der Waals surface area contributed by atoms with Crippen molar-refractivity contribution < 1.29 is 9.53 Å². The number of carbonyl (C=O) groups excluding carboxylic acids is 1. The van der Waals surface area contributed by atoms with Crippen molar-refractivity contribution in [1.29, 1.82) is 0 Å². The minimum Gasteiger partial charge on any atom is -0.461 e. The molecule has 0 amide bonds. The zero-order valence-electron chi connectivity index (χ0n) is 21.8. The summed E-state index contributed by atoms with van der Waals surface area (Å²) in [5, 5.41) is 0. The monoisotopic (exact) mass is 438 g/mol. The average Bonchev–Trinajstić information content (AvgIpc) is 3.19. The molecule has 5 aliphatic carbocycles. The summed E-state index contributed by atoms with van der Waals surface area (Å²) in [4.78, 5) is 13.3. The molecule has 1 saturated heterocycles. The van der Waals surface area contributed by atoms with Crippen LogP contribution in [0.3, 0.4) is 0 Å². The molecule has 0 N–H and O–H groups in total. The molecule has 8 unspecified atom stereocenters. The van der Waals surface area contributed by atoms with E-state index < -0.39 is 0 Å². The van der Waals surface area contributed by atoms with Crippen molar-refractivity contribution in [2.24, 2.45) is 50.7 Å². The van der Waals surface area contributed by atoms with Crippen molar-refractivity contribution in [3.8, 4) is 0 Å². The fourth-order valence-electron chi connectivity index (χ4n) is 11.1. The first-order valence-corrected chi connectivity index (χ1v) is 13.8. The van der Waals surface area contributed by atoms with Gasteiger partial charge in [-0.2, -0.15) is 0 Å². The highest BCUT2D eigenvalue weighted by Crippen LogP contribution is 2.77. The highest BCUT2D eigenvalue weighted by atomic mass is 16.6. The van der Waals surface area contributed by atoms with Gasteiger partial charge < -0.3 is 4.74 Å². The van der Waals surface area contributed by atoms with E-state index in [0.717, 1.165) is 25.2 Å². The van der Waals surface area contributed by atoms with Gasteiger partial charge in [-0.05, 0) is 98.2 Å². The molecule has 2 bridgehead atoms. The van der Waals surface area contributed by atoms with Gasteiger partial charge in [-0.3, -0.25) is 4.79 Å². The highest BCUT2D eigenvalue weighted by Gasteiger charge is 2.74. The van der Waals surface area contributed by atoms with Gasteiger partial charge in [0.25, 0.3) is 0 Å². The van der Waals surface area contributed by atoms with Crippen LogP contribution < -0.4 is 0 Å². The molecule has 1 heterocycles. The molecule has 5 fully saturated rings. The van der Waals surface area contributed by atoms with Gasteiger partial charge >= 0.3 is 5.97 Å². The van der Waals surface area contributed by atoms with Crippen molar-refractivity contribution >= 4 is 5.97 Å². The topological polar surface area (TPSA) is 26.3 Å². The first-order valence-electron chi connectivity index (χ1n) is 13.8. The van der Waals surface area contributed by atoms with Gasteiger partial charge in [0, 0.05) is 11.3 Å². The molecule has 178 valence electrons. The van der Waals surface area contributed by atoms with E-state index >= 15 is 0 Å². The van der Waals surface area contributed by atoms with E-state index in [4.69, 9.17) is 4.74 Å². The zero-order chi connectivity index (χ0) is 22.9. The largest absolute Gasteiger partial charge is 0.461 e. The van der Waals surface area contributed by atoms with Crippen LogP contribution >= 0.6 is 0 Å². The zero-order valence-corrected chi connectivity index (χ0v) is 21.8. The van der Waals surface area contributed by atoms with Gasteiger partial charge in [0.15, 0.2) is 0 Å². The Hall–Kier alpha value is -0.790. The van der Waals surface area contributed by atoms with Crippen LogP contribution in [0.2, 0.25) is 0 Å². The second-order valence-corrected chi connectivity index (χ2v) is 14.6. The maximum atomic E-state index is 13.3. The summed E-state index contributed by atoms with van der Waals surface area (Å²) in [7, 11) is 0. The molecule has 2 heteroatoms. The smallest absolute Gasteiger partial charge is 0.312 e. The molecular weight excluding hydrogens is 392 g/mol. The normalized spacial score (nSPS) is 53.4. The molecule has 6 rings (SSSR count). The van der Waals surface area contributed by atoms with Crippen molar-refractivity contribution in [2.45, 2.75) is 119 Å². The lowest BCUT2D eigenvalue weighted by molar-refractivity contribution is -0.206. The molecular formula is C30H46O2. The van der Waals surface area contributed by atoms with Gasteiger partial charge in [-0.25, -0.2) is 0 Å². The lowest BCUT2D eigenvalue weighted by Gasteiger charge is -2.70. The predicted octanol–water partition coefficient (Wildman–Crippen LogP) is 7.71. The second-order valence-electron chi connectivity index (χ2n) is 14.6. The van der Waals surface area contributed by atoms with Crippen molar-refractivity contribution in [3.05, 3.63) is 11.1 Å². The number of ether oxygens (including phenoxy) is 1. The van der Waals surface area contributed by atoms with E-state index in [2.05, 4.69) is 48.5 Å². The Morgan fingerprint density at radius 3 is 2.28 bits per heavy atom. The fraction of sp³-hybridized carbons (Fsp3) is 0.900. The van der Waals surface area contributed by atoms with Crippen molar-refractivity contribution in [2.75, 3.05) is 0 Å². The predicted molar refractivity (Wildman–Crippen MR) is 129 cm³/mol. The molecule has 8 atom stereocenters. The van der Waals surface area contributed by atoms with E-state index in [0.29, 0.717) is 34.0 Å². The minimum absolute atomic E-state index is 0.127. The van der Waals surface area contributed by atoms with Crippen LogP contribution in [-0.2, 0) is 9.53 Å².